The van der Waals surface area contributed by atoms with Gasteiger partial charge >= 0.3 is 0 Å². The third-order valence-electron chi connectivity index (χ3n) is 3.60. The van der Waals surface area contributed by atoms with Crippen molar-refractivity contribution in [2.45, 2.75) is 25.3 Å². The Bertz CT molecular complexity index is 457. The van der Waals surface area contributed by atoms with Crippen LogP contribution >= 0.6 is 11.8 Å². The van der Waals surface area contributed by atoms with Crippen LogP contribution in [0.3, 0.4) is 0 Å². The lowest BCUT2D eigenvalue weighted by Crippen LogP contribution is -2.39. The molecule has 1 N–H and O–H groups in total. The molecule has 19 heavy (non-hydrogen) atoms. The molecule has 0 spiro atoms. The largest absolute Gasteiger partial charge is 0.496 e. The summed E-state index contributed by atoms with van der Waals surface area (Å²) in [6.45, 7) is 1.98. The van der Waals surface area contributed by atoms with Gasteiger partial charge in [-0.05, 0) is 25.2 Å². The third-order valence-corrected chi connectivity index (χ3v) is 4.43. The number of rotatable bonds is 6. The van der Waals surface area contributed by atoms with Crippen molar-refractivity contribution in [1.82, 2.24) is 5.32 Å². The maximum atomic E-state index is 12.2. The molecule has 1 unspecified atom stereocenters. The van der Waals surface area contributed by atoms with E-state index < -0.39 is 0 Å². The first-order chi connectivity index (χ1) is 9.13. The summed E-state index contributed by atoms with van der Waals surface area (Å²) in [5.41, 5.74) is 0.901. The summed E-state index contributed by atoms with van der Waals surface area (Å²) in [4.78, 5) is 12.2. The lowest BCUT2D eigenvalue weighted by atomic mass is 10.0. The van der Waals surface area contributed by atoms with E-state index in [2.05, 4.69) is 5.32 Å². The van der Waals surface area contributed by atoms with Crippen molar-refractivity contribution >= 4 is 17.7 Å². The molecule has 1 saturated carbocycles. The molecule has 2 rings (SSSR count). The second-order valence-corrected chi connectivity index (χ2v) is 6.04. The van der Waals surface area contributed by atoms with E-state index in [4.69, 9.17) is 4.74 Å². The van der Waals surface area contributed by atoms with Crippen LogP contribution in [0.5, 0.6) is 5.75 Å². The fraction of sp³-hybridized carbons (Fsp3) is 0.533. The minimum absolute atomic E-state index is 0.0437. The molecule has 1 atom stereocenters. The van der Waals surface area contributed by atoms with Crippen LogP contribution in [0.25, 0.3) is 0 Å². The number of amides is 1. The zero-order chi connectivity index (χ0) is 13.9. The van der Waals surface area contributed by atoms with Crippen molar-refractivity contribution in [2.75, 3.05) is 19.1 Å². The maximum Gasteiger partial charge on any atom is 0.224 e. The number of para-hydroxylation sites is 1. The molecule has 1 fully saturated rings. The highest BCUT2D eigenvalue weighted by Crippen LogP contribution is 2.48. The van der Waals surface area contributed by atoms with E-state index in [0.717, 1.165) is 29.9 Å². The fourth-order valence-electron chi connectivity index (χ4n) is 2.31. The molecule has 0 heterocycles. The summed E-state index contributed by atoms with van der Waals surface area (Å²) >= 11 is 1.70. The van der Waals surface area contributed by atoms with Gasteiger partial charge in [0.2, 0.25) is 5.91 Å². The van der Waals surface area contributed by atoms with Gasteiger partial charge in [-0.1, -0.05) is 25.1 Å². The zero-order valence-corrected chi connectivity index (χ0v) is 12.5. The molecule has 1 amide bonds. The Hall–Kier alpha value is -1.16. The average molecular weight is 279 g/mol. The predicted octanol–water partition coefficient (Wildman–Crippen LogP) is 2.80. The summed E-state index contributed by atoms with van der Waals surface area (Å²) in [7, 11) is 1.67. The standard InChI is InChI=1S/C15H21NO2S/c1-11(10-19-3)14(17)16-15(8-9-15)12-6-4-5-7-13(12)18-2/h4-7,11H,8-10H2,1-3H3,(H,16,17). The van der Waals surface area contributed by atoms with Crippen molar-refractivity contribution in [3.8, 4) is 5.75 Å². The van der Waals surface area contributed by atoms with Gasteiger partial charge in [-0.3, -0.25) is 4.79 Å². The van der Waals surface area contributed by atoms with Crippen molar-refractivity contribution in [1.29, 1.82) is 0 Å². The minimum Gasteiger partial charge on any atom is -0.496 e. The minimum atomic E-state index is -0.198. The first-order valence-electron chi connectivity index (χ1n) is 6.57. The van der Waals surface area contributed by atoms with Gasteiger partial charge in [0.15, 0.2) is 0 Å². The van der Waals surface area contributed by atoms with E-state index in [1.165, 1.54) is 0 Å². The molecule has 0 bridgehead atoms. The Morgan fingerprint density at radius 3 is 2.74 bits per heavy atom. The smallest absolute Gasteiger partial charge is 0.224 e. The van der Waals surface area contributed by atoms with Crippen molar-refractivity contribution in [2.24, 2.45) is 5.92 Å². The number of carbonyl (C=O) groups excluding carboxylic acids is 1. The van der Waals surface area contributed by atoms with Gasteiger partial charge in [0.05, 0.1) is 12.6 Å². The summed E-state index contributed by atoms with van der Waals surface area (Å²) in [5.74, 6) is 1.89. The molecule has 0 saturated heterocycles. The molecular formula is C15H21NO2S. The topological polar surface area (TPSA) is 38.3 Å². The van der Waals surface area contributed by atoms with Gasteiger partial charge in [-0.25, -0.2) is 0 Å². The van der Waals surface area contributed by atoms with Crippen LogP contribution in [0.1, 0.15) is 25.3 Å². The summed E-state index contributed by atoms with van der Waals surface area (Å²) in [5, 5.41) is 3.21. The number of hydrogen-bond donors (Lipinski definition) is 1. The Balaban J connectivity index is 2.13. The zero-order valence-electron chi connectivity index (χ0n) is 11.7. The van der Waals surface area contributed by atoms with Crippen LogP contribution in [0, 0.1) is 5.92 Å². The highest BCUT2D eigenvalue weighted by molar-refractivity contribution is 7.98. The number of benzene rings is 1. The van der Waals surface area contributed by atoms with Gasteiger partial charge in [0.1, 0.15) is 5.75 Å². The molecule has 1 aromatic rings. The van der Waals surface area contributed by atoms with Gasteiger partial charge in [0.25, 0.3) is 0 Å². The molecule has 104 valence electrons. The highest BCUT2D eigenvalue weighted by atomic mass is 32.2. The molecule has 1 aromatic carbocycles. The SMILES string of the molecule is COc1ccccc1C1(NC(=O)C(C)CSC)CC1. The molecule has 0 aromatic heterocycles. The van der Waals surface area contributed by atoms with E-state index in [-0.39, 0.29) is 17.4 Å². The van der Waals surface area contributed by atoms with Crippen LogP contribution in [-0.2, 0) is 10.3 Å². The van der Waals surface area contributed by atoms with Crippen LogP contribution in [0.4, 0.5) is 0 Å². The van der Waals surface area contributed by atoms with E-state index in [1.54, 1.807) is 18.9 Å². The summed E-state index contributed by atoms with van der Waals surface area (Å²) < 4.78 is 5.41. The number of hydrogen-bond acceptors (Lipinski definition) is 3. The maximum absolute atomic E-state index is 12.2. The second-order valence-electron chi connectivity index (χ2n) is 5.13. The van der Waals surface area contributed by atoms with Crippen molar-refractivity contribution < 1.29 is 9.53 Å². The fourth-order valence-corrected chi connectivity index (χ4v) is 2.96. The quantitative estimate of drug-likeness (QED) is 0.870. The predicted molar refractivity (Wildman–Crippen MR) is 79.6 cm³/mol. The molecular weight excluding hydrogens is 258 g/mol. The summed E-state index contributed by atoms with van der Waals surface area (Å²) in [6, 6.07) is 7.95. The molecule has 0 radical (unpaired) electrons. The second kappa shape index (κ2) is 5.87. The lowest BCUT2D eigenvalue weighted by Gasteiger charge is -2.22. The van der Waals surface area contributed by atoms with Crippen LogP contribution < -0.4 is 10.1 Å². The first-order valence-corrected chi connectivity index (χ1v) is 7.97. The summed E-state index contributed by atoms with van der Waals surface area (Å²) in [6.07, 6.45) is 4.01. The Morgan fingerprint density at radius 2 is 2.16 bits per heavy atom. The van der Waals surface area contributed by atoms with E-state index >= 15 is 0 Å². The first kappa shape index (κ1) is 14.3. The normalized spacial score (nSPS) is 17.6. The average Bonchev–Trinajstić information content (AvgIpc) is 3.19. The Labute approximate surface area is 119 Å². The Morgan fingerprint density at radius 1 is 1.47 bits per heavy atom. The van der Waals surface area contributed by atoms with Crippen LogP contribution in [-0.4, -0.2) is 25.0 Å². The molecule has 1 aliphatic carbocycles. The number of ether oxygens (including phenoxy) is 1. The lowest BCUT2D eigenvalue weighted by molar-refractivity contribution is -0.124. The molecule has 1 aliphatic rings. The number of methoxy groups -OCH3 is 1. The van der Waals surface area contributed by atoms with E-state index in [0.29, 0.717) is 0 Å². The van der Waals surface area contributed by atoms with Gasteiger partial charge in [0, 0.05) is 17.2 Å². The van der Waals surface area contributed by atoms with Crippen molar-refractivity contribution in [3.05, 3.63) is 29.8 Å². The molecule has 4 heteroatoms. The highest BCUT2D eigenvalue weighted by Gasteiger charge is 2.47. The number of carbonyl (C=O) groups is 1. The van der Waals surface area contributed by atoms with Gasteiger partial charge in [-0.15, -0.1) is 0 Å². The van der Waals surface area contributed by atoms with Crippen LogP contribution in [0.2, 0.25) is 0 Å². The van der Waals surface area contributed by atoms with Gasteiger partial charge in [-0.2, -0.15) is 11.8 Å². The monoisotopic (exact) mass is 279 g/mol. The number of thioether (sulfide) groups is 1. The third kappa shape index (κ3) is 3.06. The van der Waals surface area contributed by atoms with E-state index in [1.807, 2.05) is 37.4 Å². The van der Waals surface area contributed by atoms with Crippen LogP contribution in [0.15, 0.2) is 24.3 Å². The van der Waals surface area contributed by atoms with Crippen molar-refractivity contribution in [3.63, 3.8) is 0 Å². The molecule has 0 aliphatic heterocycles. The Kier molecular flexibility index (Phi) is 4.40. The molecule has 3 nitrogen and oxygen atoms in total. The number of nitrogens with one attached hydrogen (secondary N) is 1. The van der Waals surface area contributed by atoms with Gasteiger partial charge < -0.3 is 10.1 Å². The van der Waals surface area contributed by atoms with E-state index in [9.17, 15) is 4.79 Å².